The third-order valence-corrected chi connectivity index (χ3v) is 6.92. The first-order valence-corrected chi connectivity index (χ1v) is 11.9. The van der Waals surface area contributed by atoms with Crippen LogP contribution in [0, 0.1) is 6.92 Å². The summed E-state index contributed by atoms with van der Waals surface area (Å²) in [5, 5.41) is 4.67. The Hall–Kier alpha value is -3.55. The number of thiocarbonyl (C=S) groups is 1. The molecule has 0 radical (unpaired) electrons. The predicted octanol–water partition coefficient (Wildman–Crippen LogP) is 6.50. The fourth-order valence-electron chi connectivity index (χ4n) is 4.42. The van der Waals surface area contributed by atoms with Crippen LogP contribution < -0.4 is 19.7 Å². The second kappa shape index (κ2) is 9.60. The number of nitrogens with one attached hydrogen (secondary N) is 1. The minimum absolute atomic E-state index is 0.251. The van der Waals surface area contributed by atoms with E-state index in [0.29, 0.717) is 21.6 Å². The molecule has 1 saturated heterocycles. The van der Waals surface area contributed by atoms with E-state index in [0.717, 1.165) is 34.0 Å². The molecule has 0 bridgehead atoms. The number of methoxy groups -OCH3 is 2. The van der Waals surface area contributed by atoms with Crippen LogP contribution >= 0.6 is 23.8 Å². The van der Waals surface area contributed by atoms with Crippen LogP contribution in [0.2, 0.25) is 5.02 Å². The van der Waals surface area contributed by atoms with Crippen molar-refractivity contribution in [2.75, 3.05) is 19.1 Å². The molecule has 1 aliphatic heterocycles. The van der Waals surface area contributed by atoms with Crippen LogP contribution in [0.5, 0.6) is 11.5 Å². The molecule has 2 atom stereocenters. The number of ether oxygens (including phenoxy) is 2. The summed E-state index contributed by atoms with van der Waals surface area (Å²) in [5.41, 5.74) is 3.52. The summed E-state index contributed by atoms with van der Waals surface area (Å²) in [6, 6.07) is 20.6. The van der Waals surface area contributed by atoms with E-state index in [9.17, 15) is 0 Å². The van der Waals surface area contributed by atoms with E-state index in [2.05, 4.69) is 10.3 Å². The Balaban J connectivity index is 1.65. The Labute approximate surface area is 214 Å². The zero-order chi connectivity index (χ0) is 24.5. The largest absolute Gasteiger partial charge is 0.497 e. The molecule has 3 heterocycles. The summed E-state index contributed by atoms with van der Waals surface area (Å²) in [6.07, 6.45) is 1.77. The van der Waals surface area contributed by atoms with Crippen molar-refractivity contribution in [1.82, 2.24) is 10.3 Å². The molecule has 1 N–H and O–H groups in total. The first kappa shape index (κ1) is 23.2. The number of benzene rings is 2. The number of nitrogens with zero attached hydrogens (tertiary/aromatic N) is 2. The highest BCUT2D eigenvalue weighted by Gasteiger charge is 2.43. The Morgan fingerprint density at radius 3 is 2.63 bits per heavy atom. The van der Waals surface area contributed by atoms with Crippen LogP contribution in [0.25, 0.3) is 11.3 Å². The van der Waals surface area contributed by atoms with Gasteiger partial charge >= 0.3 is 0 Å². The number of hydrogen-bond donors (Lipinski definition) is 1. The number of aromatic nitrogens is 1. The van der Waals surface area contributed by atoms with E-state index in [1.807, 2.05) is 78.6 Å². The van der Waals surface area contributed by atoms with Crippen molar-refractivity contribution in [3.05, 3.63) is 95.0 Å². The zero-order valence-electron chi connectivity index (χ0n) is 19.5. The smallest absolute Gasteiger partial charge is 0.174 e. The molecule has 0 aliphatic carbocycles. The fraction of sp³-hybridized carbons (Fsp3) is 0.185. The molecule has 2 aromatic heterocycles. The molecular formula is C27H24ClN3O3S. The number of furan rings is 1. The van der Waals surface area contributed by atoms with Crippen molar-refractivity contribution in [2.45, 2.75) is 19.0 Å². The van der Waals surface area contributed by atoms with Gasteiger partial charge in [0.15, 0.2) is 5.11 Å². The van der Waals surface area contributed by atoms with Gasteiger partial charge in [-0.15, -0.1) is 0 Å². The molecule has 0 saturated carbocycles. The SMILES string of the molecule is COc1ccc(OC)c(N2C(=S)N[C@@H](c3ccccn3)[C@@H]2c2ccc(-c3cccc(Cl)c3C)o2)c1. The van der Waals surface area contributed by atoms with E-state index in [4.69, 9.17) is 37.7 Å². The normalized spacial score (nSPS) is 17.4. The minimum Gasteiger partial charge on any atom is -0.497 e. The quantitative estimate of drug-likeness (QED) is 0.300. The van der Waals surface area contributed by atoms with Crippen LogP contribution in [-0.2, 0) is 0 Å². The molecule has 0 amide bonds. The molecule has 1 fully saturated rings. The predicted molar refractivity (Wildman–Crippen MR) is 141 cm³/mol. The molecule has 4 aromatic rings. The van der Waals surface area contributed by atoms with Crippen molar-refractivity contribution in [2.24, 2.45) is 0 Å². The molecule has 178 valence electrons. The number of rotatable bonds is 6. The van der Waals surface area contributed by atoms with Crippen LogP contribution in [0.1, 0.15) is 29.1 Å². The van der Waals surface area contributed by atoms with Gasteiger partial charge in [0.05, 0.1) is 31.6 Å². The number of anilines is 1. The van der Waals surface area contributed by atoms with Crippen molar-refractivity contribution >= 4 is 34.6 Å². The summed E-state index contributed by atoms with van der Waals surface area (Å²) < 4.78 is 17.7. The van der Waals surface area contributed by atoms with Gasteiger partial charge in [0, 0.05) is 22.8 Å². The lowest BCUT2D eigenvalue weighted by atomic mass is 10.0. The van der Waals surface area contributed by atoms with Crippen LogP contribution in [0.15, 0.2) is 77.3 Å². The number of hydrogen-bond acceptors (Lipinski definition) is 5. The van der Waals surface area contributed by atoms with Gasteiger partial charge in [-0.05, 0) is 67.2 Å². The maximum Gasteiger partial charge on any atom is 0.174 e. The highest BCUT2D eigenvalue weighted by atomic mass is 35.5. The first-order valence-electron chi connectivity index (χ1n) is 11.1. The highest BCUT2D eigenvalue weighted by molar-refractivity contribution is 7.80. The molecular weight excluding hydrogens is 482 g/mol. The Morgan fingerprint density at radius 2 is 1.89 bits per heavy atom. The lowest BCUT2D eigenvalue weighted by Crippen LogP contribution is -2.29. The Kier molecular flexibility index (Phi) is 6.36. The van der Waals surface area contributed by atoms with Gasteiger partial charge in [-0.2, -0.15) is 0 Å². The Bertz CT molecular complexity index is 1380. The number of pyridine rings is 1. The highest BCUT2D eigenvalue weighted by Crippen LogP contribution is 2.46. The molecule has 8 heteroatoms. The van der Waals surface area contributed by atoms with Gasteiger partial charge in [0.25, 0.3) is 0 Å². The average Bonchev–Trinajstić information content (AvgIpc) is 3.50. The lowest BCUT2D eigenvalue weighted by molar-refractivity contribution is 0.400. The van der Waals surface area contributed by atoms with Crippen LogP contribution in [-0.4, -0.2) is 24.3 Å². The third-order valence-electron chi connectivity index (χ3n) is 6.20. The van der Waals surface area contributed by atoms with Crippen LogP contribution in [0.3, 0.4) is 0 Å². The average molecular weight is 506 g/mol. The van der Waals surface area contributed by atoms with Crippen LogP contribution in [0.4, 0.5) is 5.69 Å². The van der Waals surface area contributed by atoms with Gasteiger partial charge in [0.1, 0.15) is 29.1 Å². The van der Waals surface area contributed by atoms with E-state index >= 15 is 0 Å². The molecule has 2 aromatic carbocycles. The van der Waals surface area contributed by atoms with Gasteiger partial charge in [-0.3, -0.25) is 4.98 Å². The molecule has 6 nitrogen and oxygen atoms in total. The topological polar surface area (TPSA) is 59.8 Å². The molecule has 0 unspecified atom stereocenters. The first-order chi connectivity index (χ1) is 17.0. The van der Waals surface area contributed by atoms with Gasteiger partial charge in [-0.1, -0.05) is 29.8 Å². The van der Waals surface area contributed by atoms with Crippen molar-refractivity contribution in [3.8, 4) is 22.8 Å². The zero-order valence-corrected chi connectivity index (χ0v) is 21.1. The summed E-state index contributed by atoms with van der Waals surface area (Å²) in [6.45, 7) is 1.98. The maximum atomic E-state index is 6.47. The van der Waals surface area contributed by atoms with E-state index in [-0.39, 0.29) is 12.1 Å². The molecule has 35 heavy (non-hydrogen) atoms. The van der Waals surface area contributed by atoms with E-state index in [1.165, 1.54) is 0 Å². The van der Waals surface area contributed by atoms with Crippen molar-refractivity contribution in [1.29, 1.82) is 0 Å². The molecule has 0 spiro atoms. The second-order valence-electron chi connectivity index (χ2n) is 8.15. The van der Waals surface area contributed by atoms with Gasteiger partial charge < -0.3 is 24.1 Å². The monoisotopic (exact) mass is 505 g/mol. The van der Waals surface area contributed by atoms with Crippen molar-refractivity contribution < 1.29 is 13.9 Å². The minimum atomic E-state index is -0.327. The lowest BCUT2D eigenvalue weighted by Gasteiger charge is -2.27. The maximum absolute atomic E-state index is 6.47. The second-order valence-corrected chi connectivity index (χ2v) is 8.94. The van der Waals surface area contributed by atoms with Crippen molar-refractivity contribution in [3.63, 3.8) is 0 Å². The molecule has 1 aliphatic rings. The Morgan fingerprint density at radius 1 is 1.03 bits per heavy atom. The van der Waals surface area contributed by atoms with Gasteiger partial charge in [-0.25, -0.2) is 0 Å². The summed E-state index contributed by atoms with van der Waals surface area (Å²) >= 11 is 12.2. The van der Waals surface area contributed by atoms with E-state index in [1.54, 1.807) is 20.4 Å². The van der Waals surface area contributed by atoms with E-state index < -0.39 is 0 Å². The summed E-state index contributed by atoms with van der Waals surface area (Å²) in [7, 11) is 3.27. The van der Waals surface area contributed by atoms with Gasteiger partial charge in [0.2, 0.25) is 0 Å². The summed E-state index contributed by atoms with van der Waals surface area (Å²) in [5.74, 6) is 2.82. The molecule has 5 rings (SSSR count). The fourth-order valence-corrected chi connectivity index (χ4v) is 4.93. The third kappa shape index (κ3) is 4.22. The standard InChI is InChI=1S/C27H24ClN3O3S/c1-16-18(7-6-8-19(16)28)22-12-13-24(34-22)26-25(20-9-4-5-14-29-20)30-27(35)31(26)21-15-17(32-2)10-11-23(21)33-3/h4-15,25-26H,1-3H3,(H,30,35)/t25-,26-/m0/s1. The number of halogens is 1. The summed E-state index contributed by atoms with van der Waals surface area (Å²) in [4.78, 5) is 6.61.